The summed E-state index contributed by atoms with van der Waals surface area (Å²) >= 11 is 0. The minimum Gasteiger partial charge on any atom is -0.377 e. The Morgan fingerprint density at radius 3 is 2.38 bits per heavy atom. The van der Waals surface area contributed by atoms with Crippen LogP contribution in [0.15, 0.2) is 53.9 Å². The van der Waals surface area contributed by atoms with Crippen LogP contribution in [-0.2, 0) is 23.1 Å². The van der Waals surface area contributed by atoms with Crippen LogP contribution in [-0.4, -0.2) is 43.6 Å². The van der Waals surface area contributed by atoms with Gasteiger partial charge in [-0.05, 0) is 26.0 Å². The zero-order valence-electron chi connectivity index (χ0n) is 17.7. The predicted octanol–water partition coefficient (Wildman–Crippen LogP) is 3.73. The van der Waals surface area contributed by atoms with Crippen LogP contribution < -0.4 is 4.90 Å². The van der Waals surface area contributed by atoms with E-state index in [4.69, 9.17) is 0 Å². The highest BCUT2D eigenvalue weighted by atomic mass is 32.2. The van der Waals surface area contributed by atoms with Crippen LogP contribution in [0.1, 0.15) is 17.0 Å². The summed E-state index contributed by atoms with van der Waals surface area (Å²) in [6.45, 7) is 8.48. The zero-order valence-corrected chi connectivity index (χ0v) is 18.5. The van der Waals surface area contributed by atoms with E-state index in [0.29, 0.717) is 11.4 Å². The quantitative estimate of drug-likeness (QED) is 0.555. The van der Waals surface area contributed by atoms with Gasteiger partial charge < -0.3 is 4.90 Å². The first-order chi connectivity index (χ1) is 13.7. The molecule has 0 saturated carbocycles. The molecule has 0 saturated heterocycles. The summed E-state index contributed by atoms with van der Waals surface area (Å²) in [7, 11) is 1.84. The Balaban J connectivity index is 2.04. The van der Waals surface area contributed by atoms with Crippen molar-refractivity contribution in [2.24, 2.45) is 0 Å². The van der Waals surface area contributed by atoms with Crippen LogP contribution in [0.2, 0.25) is 0 Å². The lowest BCUT2D eigenvalue weighted by molar-refractivity contribution is 0.465. The maximum atomic E-state index is 13.5. The van der Waals surface area contributed by atoms with E-state index in [1.165, 1.54) is 4.31 Å². The number of nitrogens with zero attached hydrogens (tertiary/aromatic N) is 4. The molecule has 1 heterocycles. The molecule has 2 aromatic carbocycles. The molecule has 0 amide bonds. The molecule has 6 nitrogen and oxygen atoms in total. The lowest BCUT2D eigenvalue weighted by Gasteiger charge is -2.21. The molecule has 154 valence electrons. The Morgan fingerprint density at radius 2 is 1.72 bits per heavy atom. The van der Waals surface area contributed by atoms with Gasteiger partial charge in [-0.15, -0.1) is 6.58 Å². The fraction of sp³-hybridized carbons (Fsp3) is 0.318. The van der Waals surface area contributed by atoms with Crippen LogP contribution in [0.3, 0.4) is 0 Å². The maximum absolute atomic E-state index is 13.5. The van der Waals surface area contributed by atoms with Gasteiger partial charge >= 0.3 is 0 Å². The third kappa shape index (κ3) is 3.80. The van der Waals surface area contributed by atoms with Gasteiger partial charge in [0.1, 0.15) is 0 Å². The van der Waals surface area contributed by atoms with Crippen LogP contribution in [0.4, 0.5) is 5.69 Å². The van der Waals surface area contributed by atoms with E-state index in [1.54, 1.807) is 25.3 Å². The monoisotopic (exact) mass is 412 g/mol. The molecule has 0 aliphatic carbocycles. The first-order valence-corrected chi connectivity index (χ1v) is 10.9. The molecule has 7 heteroatoms. The van der Waals surface area contributed by atoms with E-state index in [0.717, 1.165) is 33.4 Å². The Kier molecular flexibility index (Phi) is 5.82. The summed E-state index contributed by atoms with van der Waals surface area (Å²) < 4.78 is 30.2. The minimum absolute atomic E-state index is 0.265. The Labute approximate surface area is 173 Å². The summed E-state index contributed by atoms with van der Waals surface area (Å²) in [5.41, 5.74) is 3.70. The van der Waals surface area contributed by atoms with Crippen LogP contribution in [0.25, 0.3) is 10.8 Å². The van der Waals surface area contributed by atoms with Crippen LogP contribution >= 0.6 is 0 Å². The minimum atomic E-state index is -3.69. The van der Waals surface area contributed by atoms with Crippen LogP contribution in [0, 0.1) is 13.8 Å². The molecule has 0 bridgehead atoms. The molecule has 3 rings (SSSR count). The molecule has 0 aliphatic rings. The first kappa shape index (κ1) is 21.1. The van der Waals surface area contributed by atoms with E-state index in [9.17, 15) is 8.42 Å². The Hall–Kier alpha value is -2.64. The molecule has 1 aromatic heterocycles. The van der Waals surface area contributed by atoms with Gasteiger partial charge in [0.15, 0.2) is 0 Å². The highest BCUT2D eigenvalue weighted by molar-refractivity contribution is 7.89. The summed E-state index contributed by atoms with van der Waals surface area (Å²) in [5, 5.41) is 6.15. The Bertz CT molecular complexity index is 1160. The lowest BCUT2D eigenvalue weighted by atomic mass is 10.1. The van der Waals surface area contributed by atoms with Gasteiger partial charge in [0, 0.05) is 55.4 Å². The van der Waals surface area contributed by atoms with Crippen molar-refractivity contribution in [3.63, 3.8) is 0 Å². The summed E-state index contributed by atoms with van der Waals surface area (Å²) in [4.78, 5) is 2.30. The number of anilines is 1. The molecular formula is C22H28N4O2S. The van der Waals surface area contributed by atoms with Crippen molar-refractivity contribution in [3.8, 4) is 0 Å². The number of benzene rings is 2. The van der Waals surface area contributed by atoms with Crippen LogP contribution in [0.5, 0.6) is 0 Å². The Morgan fingerprint density at radius 1 is 1.07 bits per heavy atom. The number of allylic oxidation sites excluding steroid dienone is 1. The number of aromatic nitrogens is 2. The second-order valence-electron chi connectivity index (χ2n) is 7.40. The number of fused-ring (bicyclic) bond motifs is 1. The highest BCUT2D eigenvalue weighted by Gasteiger charge is 2.25. The van der Waals surface area contributed by atoms with Crippen molar-refractivity contribution in [1.82, 2.24) is 14.1 Å². The topological polar surface area (TPSA) is 58.4 Å². The number of hydrogen-bond donors (Lipinski definition) is 0. The van der Waals surface area contributed by atoms with Gasteiger partial charge in [0.25, 0.3) is 0 Å². The summed E-state index contributed by atoms with van der Waals surface area (Å²) in [6, 6.07) is 11.2. The van der Waals surface area contributed by atoms with Gasteiger partial charge in [-0.1, -0.05) is 30.3 Å². The molecule has 0 spiro atoms. The number of aryl methyl sites for hydroxylation is 1. The fourth-order valence-corrected chi connectivity index (χ4v) is 4.96. The van der Waals surface area contributed by atoms with E-state index < -0.39 is 10.0 Å². The molecule has 0 atom stereocenters. The highest BCUT2D eigenvalue weighted by Crippen LogP contribution is 2.32. The van der Waals surface area contributed by atoms with Gasteiger partial charge in [0.05, 0.1) is 17.1 Å². The van der Waals surface area contributed by atoms with E-state index in [-0.39, 0.29) is 6.54 Å². The third-order valence-corrected chi connectivity index (χ3v) is 7.10. The van der Waals surface area contributed by atoms with E-state index in [2.05, 4.69) is 11.7 Å². The molecule has 29 heavy (non-hydrogen) atoms. The lowest BCUT2D eigenvalue weighted by Crippen LogP contribution is -2.27. The summed E-state index contributed by atoms with van der Waals surface area (Å²) in [6.07, 6.45) is 1.78. The average Bonchev–Trinajstić information content (AvgIpc) is 2.94. The van der Waals surface area contributed by atoms with Gasteiger partial charge in [-0.3, -0.25) is 4.68 Å². The first-order valence-electron chi connectivity index (χ1n) is 9.47. The smallest absolute Gasteiger partial charge is 0.243 e. The largest absolute Gasteiger partial charge is 0.377 e. The predicted molar refractivity (Wildman–Crippen MR) is 119 cm³/mol. The maximum Gasteiger partial charge on any atom is 0.243 e. The van der Waals surface area contributed by atoms with Crippen molar-refractivity contribution in [1.29, 1.82) is 0 Å². The van der Waals surface area contributed by atoms with Gasteiger partial charge in [-0.2, -0.15) is 9.40 Å². The fourth-order valence-electron chi connectivity index (χ4n) is 3.62. The van der Waals surface area contributed by atoms with E-state index in [1.807, 2.05) is 61.8 Å². The van der Waals surface area contributed by atoms with E-state index >= 15 is 0 Å². The second-order valence-corrected chi connectivity index (χ2v) is 9.42. The van der Waals surface area contributed by atoms with Crippen molar-refractivity contribution in [2.45, 2.75) is 31.8 Å². The van der Waals surface area contributed by atoms with Gasteiger partial charge in [-0.25, -0.2) is 8.42 Å². The summed E-state index contributed by atoms with van der Waals surface area (Å²) in [5.74, 6) is 0. The molecule has 0 aliphatic heterocycles. The SMILES string of the molecule is C=CCn1nc(C)c(CN(C)S(=O)(=O)c2cccc3c(N(C)C)cccc23)c1C. The molecule has 3 aromatic rings. The number of sulfonamides is 1. The van der Waals surface area contributed by atoms with Crippen molar-refractivity contribution in [3.05, 3.63) is 66.0 Å². The third-order valence-electron chi connectivity index (χ3n) is 5.24. The normalized spacial score (nSPS) is 11.9. The molecular weight excluding hydrogens is 384 g/mol. The second kappa shape index (κ2) is 8.00. The zero-order chi connectivity index (χ0) is 21.3. The average molecular weight is 413 g/mol. The number of hydrogen-bond acceptors (Lipinski definition) is 4. The van der Waals surface area contributed by atoms with Crippen molar-refractivity contribution < 1.29 is 8.42 Å². The standard InChI is InChI=1S/C22H28N4O2S/c1-7-14-26-17(3)20(16(2)23-26)15-25(6)29(27,28)22-13-9-10-18-19(22)11-8-12-21(18)24(4)5/h7-13H,1,14-15H2,2-6H3. The van der Waals surface area contributed by atoms with Gasteiger partial charge in [0.2, 0.25) is 10.0 Å². The van der Waals surface area contributed by atoms with Crippen molar-refractivity contribution in [2.75, 3.05) is 26.0 Å². The molecule has 0 radical (unpaired) electrons. The number of rotatable bonds is 7. The molecule has 0 N–H and O–H groups in total. The molecule has 0 unspecified atom stereocenters. The molecule has 0 fully saturated rings. The van der Waals surface area contributed by atoms with Crippen molar-refractivity contribution >= 4 is 26.5 Å².